The summed E-state index contributed by atoms with van der Waals surface area (Å²) in [5.41, 5.74) is 1.78. The van der Waals surface area contributed by atoms with E-state index >= 15 is 0 Å². The van der Waals surface area contributed by atoms with Gasteiger partial charge in [-0.15, -0.1) is 0 Å². The molecular weight excluding hydrogens is 402 g/mol. The topological polar surface area (TPSA) is 93.5 Å². The van der Waals surface area contributed by atoms with Crippen molar-refractivity contribution in [3.8, 4) is 0 Å². The van der Waals surface area contributed by atoms with Crippen LogP contribution in [0.3, 0.4) is 0 Å². The number of amides is 1. The molecule has 0 atom stereocenters. The predicted molar refractivity (Wildman–Crippen MR) is 101 cm³/mol. The first kappa shape index (κ1) is 18.2. The summed E-state index contributed by atoms with van der Waals surface area (Å²) in [5, 5.41) is 16.9. The molecule has 0 spiro atoms. The van der Waals surface area contributed by atoms with Crippen LogP contribution >= 0.6 is 15.9 Å². The number of ether oxygens (including phenoxy) is 1. The van der Waals surface area contributed by atoms with Crippen molar-refractivity contribution in [1.82, 2.24) is 5.32 Å². The number of carbonyl (C=O) groups excluding carboxylic acids is 1. The Labute approximate surface area is 159 Å². The van der Waals surface area contributed by atoms with Gasteiger partial charge in [0.1, 0.15) is 6.61 Å². The van der Waals surface area contributed by atoms with Crippen LogP contribution in [0.2, 0.25) is 0 Å². The highest BCUT2D eigenvalue weighted by Crippen LogP contribution is 2.31. The number of halogens is 1. The third-order valence-electron chi connectivity index (χ3n) is 4.20. The number of hydrogen-bond acceptors (Lipinski definition) is 5. The first-order valence-electron chi connectivity index (χ1n) is 8.19. The molecule has 1 aliphatic rings. The van der Waals surface area contributed by atoms with Crippen LogP contribution in [-0.2, 0) is 11.3 Å². The zero-order valence-corrected chi connectivity index (χ0v) is 15.4. The molecule has 0 aromatic heterocycles. The Balaban J connectivity index is 1.40. The summed E-state index contributed by atoms with van der Waals surface area (Å²) in [4.78, 5) is 22.1. The predicted octanol–water partition coefficient (Wildman–Crippen LogP) is 4.23. The van der Waals surface area contributed by atoms with Crippen LogP contribution < -0.4 is 10.6 Å². The van der Waals surface area contributed by atoms with E-state index in [1.54, 1.807) is 6.07 Å². The minimum Gasteiger partial charge on any atom is -0.445 e. The van der Waals surface area contributed by atoms with E-state index < -0.39 is 11.0 Å². The molecule has 136 valence electrons. The van der Waals surface area contributed by atoms with Crippen LogP contribution in [0, 0.1) is 10.1 Å². The van der Waals surface area contributed by atoms with Gasteiger partial charge in [-0.25, -0.2) is 4.79 Å². The van der Waals surface area contributed by atoms with Gasteiger partial charge in [0.25, 0.3) is 5.69 Å². The van der Waals surface area contributed by atoms with Crippen molar-refractivity contribution in [2.45, 2.75) is 31.5 Å². The summed E-state index contributed by atoms with van der Waals surface area (Å²) in [6.45, 7) is 0.247. The zero-order chi connectivity index (χ0) is 18.5. The van der Waals surface area contributed by atoms with Crippen molar-refractivity contribution >= 4 is 33.4 Å². The maximum atomic E-state index is 11.8. The van der Waals surface area contributed by atoms with Crippen LogP contribution in [0.5, 0.6) is 0 Å². The number of nitrogens with zero attached hydrogens (tertiary/aromatic N) is 1. The van der Waals surface area contributed by atoms with E-state index in [0.29, 0.717) is 4.47 Å². The van der Waals surface area contributed by atoms with E-state index in [0.717, 1.165) is 24.1 Å². The Morgan fingerprint density at radius 2 is 1.92 bits per heavy atom. The molecule has 0 saturated heterocycles. The molecule has 1 amide bonds. The van der Waals surface area contributed by atoms with Gasteiger partial charge < -0.3 is 15.4 Å². The van der Waals surface area contributed by atoms with Gasteiger partial charge in [0.15, 0.2) is 0 Å². The van der Waals surface area contributed by atoms with Crippen LogP contribution in [0.1, 0.15) is 18.4 Å². The molecule has 3 rings (SSSR count). The lowest BCUT2D eigenvalue weighted by molar-refractivity contribution is -0.384. The van der Waals surface area contributed by atoms with Gasteiger partial charge >= 0.3 is 6.09 Å². The van der Waals surface area contributed by atoms with E-state index in [2.05, 4.69) is 26.6 Å². The average molecular weight is 420 g/mol. The van der Waals surface area contributed by atoms with E-state index in [1.807, 2.05) is 30.3 Å². The minimum absolute atomic E-state index is 0.0386. The monoisotopic (exact) mass is 419 g/mol. The highest BCUT2D eigenvalue weighted by Gasteiger charge is 2.31. The number of non-ortho nitro benzene ring substituents is 1. The first-order valence-corrected chi connectivity index (χ1v) is 8.98. The van der Waals surface area contributed by atoms with Crippen molar-refractivity contribution in [3.63, 3.8) is 0 Å². The normalized spacial score (nSPS) is 18.5. The molecule has 0 heterocycles. The third-order valence-corrected chi connectivity index (χ3v) is 4.85. The number of carbonyl (C=O) groups is 1. The summed E-state index contributed by atoms with van der Waals surface area (Å²) in [5.74, 6) is 0. The number of anilines is 1. The molecule has 0 bridgehead atoms. The Kier molecular flexibility index (Phi) is 5.72. The van der Waals surface area contributed by atoms with Gasteiger partial charge in [-0.05, 0) is 40.4 Å². The molecule has 8 heteroatoms. The lowest BCUT2D eigenvalue weighted by atomic mass is 9.86. The molecule has 0 aliphatic heterocycles. The number of hydrogen-bond donors (Lipinski definition) is 2. The lowest BCUT2D eigenvalue weighted by Crippen LogP contribution is -2.49. The maximum absolute atomic E-state index is 11.8. The maximum Gasteiger partial charge on any atom is 0.407 e. The average Bonchev–Trinajstić information content (AvgIpc) is 2.60. The summed E-state index contributed by atoms with van der Waals surface area (Å²) in [7, 11) is 0. The van der Waals surface area contributed by atoms with Crippen molar-refractivity contribution in [2.75, 3.05) is 5.32 Å². The molecule has 1 fully saturated rings. The molecule has 0 unspecified atom stereocenters. The zero-order valence-electron chi connectivity index (χ0n) is 13.9. The fourth-order valence-electron chi connectivity index (χ4n) is 2.74. The van der Waals surface area contributed by atoms with Gasteiger partial charge in [-0.3, -0.25) is 10.1 Å². The number of rotatable bonds is 6. The summed E-state index contributed by atoms with van der Waals surface area (Å²) in [6.07, 6.45) is 1.11. The van der Waals surface area contributed by atoms with Crippen LogP contribution in [0.25, 0.3) is 0 Å². The smallest absolute Gasteiger partial charge is 0.407 e. The van der Waals surface area contributed by atoms with E-state index in [4.69, 9.17) is 4.74 Å². The second kappa shape index (κ2) is 8.18. The Morgan fingerprint density at radius 3 is 2.58 bits per heavy atom. The fraction of sp³-hybridized carbons (Fsp3) is 0.278. The third kappa shape index (κ3) is 4.72. The highest BCUT2D eigenvalue weighted by atomic mass is 79.9. The first-order chi connectivity index (χ1) is 12.5. The van der Waals surface area contributed by atoms with Crippen LogP contribution in [0.15, 0.2) is 53.0 Å². The Morgan fingerprint density at radius 1 is 1.19 bits per heavy atom. The minimum atomic E-state index is -0.432. The van der Waals surface area contributed by atoms with E-state index in [1.165, 1.54) is 12.1 Å². The van der Waals surface area contributed by atoms with Crippen LogP contribution in [-0.4, -0.2) is 23.1 Å². The summed E-state index contributed by atoms with van der Waals surface area (Å²) in [6, 6.07) is 14.4. The number of nitro benzene ring substituents is 1. The second-order valence-electron chi connectivity index (χ2n) is 6.14. The van der Waals surface area contributed by atoms with Gasteiger partial charge in [0, 0.05) is 34.4 Å². The van der Waals surface area contributed by atoms with Gasteiger partial charge in [-0.1, -0.05) is 30.3 Å². The standard InChI is InChI=1S/C18H18BrN3O4/c19-16-10-15(22(24)25)6-7-17(16)20-13-8-14(9-13)21-18(23)26-11-12-4-2-1-3-5-12/h1-7,10,13-14,20H,8-9,11H2,(H,21,23). The molecule has 7 nitrogen and oxygen atoms in total. The molecular formula is C18H18BrN3O4. The number of nitrogens with one attached hydrogen (secondary N) is 2. The van der Waals surface area contributed by atoms with Crippen molar-refractivity contribution in [3.05, 3.63) is 68.7 Å². The van der Waals surface area contributed by atoms with E-state index in [9.17, 15) is 14.9 Å². The number of nitro groups is 1. The number of alkyl carbamates (subject to hydrolysis) is 1. The Hall–Kier alpha value is -2.61. The van der Waals surface area contributed by atoms with Crippen molar-refractivity contribution < 1.29 is 14.5 Å². The molecule has 2 aromatic carbocycles. The molecule has 2 aromatic rings. The van der Waals surface area contributed by atoms with Crippen molar-refractivity contribution in [2.24, 2.45) is 0 Å². The summed E-state index contributed by atoms with van der Waals surface area (Å²) >= 11 is 3.34. The van der Waals surface area contributed by atoms with Gasteiger partial charge in [-0.2, -0.15) is 0 Å². The SMILES string of the molecule is O=C(NC1CC(Nc2ccc([N+](=O)[O-])cc2Br)C1)OCc1ccccc1. The Bertz CT molecular complexity index is 794. The molecule has 1 saturated carbocycles. The molecule has 26 heavy (non-hydrogen) atoms. The quantitative estimate of drug-likeness (QED) is 0.539. The molecule has 2 N–H and O–H groups in total. The molecule has 0 radical (unpaired) electrons. The van der Waals surface area contributed by atoms with Crippen LogP contribution in [0.4, 0.5) is 16.2 Å². The largest absolute Gasteiger partial charge is 0.445 e. The van der Waals surface area contributed by atoms with E-state index in [-0.39, 0.29) is 24.4 Å². The lowest BCUT2D eigenvalue weighted by Gasteiger charge is -2.36. The van der Waals surface area contributed by atoms with Gasteiger partial charge in [0.2, 0.25) is 0 Å². The second-order valence-corrected chi connectivity index (χ2v) is 6.99. The van der Waals surface area contributed by atoms with Gasteiger partial charge in [0.05, 0.1) is 4.92 Å². The van der Waals surface area contributed by atoms with Crippen molar-refractivity contribution in [1.29, 1.82) is 0 Å². The number of benzene rings is 2. The molecule has 1 aliphatic carbocycles. The highest BCUT2D eigenvalue weighted by molar-refractivity contribution is 9.10. The fourth-order valence-corrected chi connectivity index (χ4v) is 3.22. The summed E-state index contributed by atoms with van der Waals surface area (Å²) < 4.78 is 5.84.